The maximum atomic E-state index is 11.6. The Morgan fingerprint density at radius 2 is 2.12 bits per heavy atom. The first-order chi connectivity index (χ1) is 7.50. The lowest BCUT2D eigenvalue weighted by Crippen LogP contribution is -2.18. The predicted octanol–water partition coefficient (Wildman–Crippen LogP) is 0.775. The van der Waals surface area contributed by atoms with Gasteiger partial charge in [0, 0.05) is 13.0 Å². The molecular weight excluding hydrogens is 210 g/mol. The van der Waals surface area contributed by atoms with Crippen LogP contribution in [0.15, 0.2) is 0 Å². The van der Waals surface area contributed by atoms with Gasteiger partial charge in [-0.1, -0.05) is 0 Å². The highest BCUT2D eigenvalue weighted by Crippen LogP contribution is 2.31. The molecule has 1 aliphatic rings. The molecule has 0 radical (unpaired) electrons. The molecule has 0 aromatic carbocycles. The molecule has 2 N–H and O–H groups in total. The number of carboxylic acids is 1. The third kappa shape index (κ3) is 1.78. The number of carbonyl (C=O) groups is 2. The molecule has 16 heavy (non-hydrogen) atoms. The van der Waals surface area contributed by atoms with Crippen LogP contribution in [0.25, 0.3) is 0 Å². The number of aromatic nitrogens is 2. The molecule has 0 spiro atoms. The second kappa shape index (κ2) is 3.62. The molecule has 1 aromatic heterocycles. The van der Waals surface area contributed by atoms with E-state index in [4.69, 9.17) is 5.11 Å². The lowest BCUT2D eigenvalue weighted by atomic mass is 10.2. The summed E-state index contributed by atoms with van der Waals surface area (Å²) in [4.78, 5) is 22.6. The van der Waals surface area contributed by atoms with Gasteiger partial charge in [-0.05, 0) is 19.8 Å². The Bertz CT molecular complexity index is 460. The first-order valence-corrected chi connectivity index (χ1v) is 5.08. The van der Waals surface area contributed by atoms with Gasteiger partial charge in [0.1, 0.15) is 11.4 Å². The van der Waals surface area contributed by atoms with Gasteiger partial charge in [0.25, 0.3) is 0 Å². The summed E-state index contributed by atoms with van der Waals surface area (Å²) in [6.45, 7) is 1.61. The zero-order valence-corrected chi connectivity index (χ0v) is 9.15. The number of amides is 1. The van der Waals surface area contributed by atoms with Crippen LogP contribution in [-0.4, -0.2) is 26.8 Å². The summed E-state index contributed by atoms with van der Waals surface area (Å²) in [6, 6.07) is 0. The molecule has 0 bridgehead atoms. The lowest BCUT2D eigenvalue weighted by molar-refractivity contribution is -0.117. The molecule has 0 saturated heterocycles. The van der Waals surface area contributed by atoms with Gasteiger partial charge >= 0.3 is 5.97 Å². The van der Waals surface area contributed by atoms with Gasteiger partial charge < -0.3 is 10.4 Å². The van der Waals surface area contributed by atoms with Gasteiger partial charge in [0.05, 0.1) is 5.69 Å². The average molecular weight is 223 g/mol. The Morgan fingerprint density at radius 1 is 1.50 bits per heavy atom. The topological polar surface area (TPSA) is 84.2 Å². The molecule has 6 nitrogen and oxygen atoms in total. The van der Waals surface area contributed by atoms with Crippen molar-refractivity contribution in [3.05, 3.63) is 11.3 Å². The molecule has 1 amide bonds. The maximum absolute atomic E-state index is 11.6. The molecule has 6 heteroatoms. The highest BCUT2D eigenvalue weighted by Gasteiger charge is 2.31. The van der Waals surface area contributed by atoms with E-state index in [2.05, 4.69) is 10.4 Å². The second-order valence-electron chi connectivity index (χ2n) is 4.00. The summed E-state index contributed by atoms with van der Waals surface area (Å²) in [5, 5.41) is 15.6. The Morgan fingerprint density at radius 3 is 2.62 bits per heavy atom. The molecule has 1 aliphatic carbocycles. The van der Waals surface area contributed by atoms with Gasteiger partial charge in [0.2, 0.25) is 5.91 Å². The quantitative estimate of drug-likeness (QED) is 0.792. The number of rotatable bonds is 3. The van der Waals surface area contributed by atoms with Gasteiger partial charge in [-0.15, -0.1) is 0 Å². The van der Waals surface area contributed by atoms with Crippen LogP contribution in [0.1, 0.15) is 28.9 Å². The minimum Gasteiger partial charge on any atom is -0.477 e. The zero-order valence-electron chi connectivity index (χ0n) is 9.15. The fourth-order valence-corrected chi connectivity index (χ4v) is 1.62. The standard InChI is InChI=1S/C10H13N3O3/c1-5-7(10(15)16)8(13(2)12-5)11-9(14)6-3-4-6/h6H,3-4H2,1-2H3,(H,11,14)(H,15,16). The molecule has 0 atom stereocenters. The summed E-state index contributed by atoms with van der Waals surface area (Å²) in [5.74, 6) is -0.888. The van der Waals surface area contributed by atoms with Crippen LogP contribution in [-0.2, 0) is 11.8 Å². The Balaban J connectivity index is 2.30. The van der Waals surface area contributed by atoms with Gasteiger partial charge in [-0.2, -0.15) is 5.10 Å². The van der Waals surface area contributed by atoms with Crippen LogP contribution < -0.4 is 5.32 Å². The predicted molar refractivity (Wildman–Crippen MR) is 56.3 cm³/mol. The third-order valence-electron chi connectivity index (χ3n) is 2.63. The van der Waals surface area contributed by atoms with Crippen molar-refractivity contribution in [1.82, 2.24) is 9.78 Å². The Kier molecular flexibility index (Phi) is 2.41. The zero-order chi connectivity index (χ0) is 11.9. The smallest absolute Gasteiger partial charge is 0.341 e. The SMILES string of the molecule is Cc1nn(C)c(NC(=O)C2CC2)c1C(=O)O. The Labute approximate surface area is 92.3 Å². The van der Waals surface area contributed by atoms with E-state index in [9.17, 15) is 9.59 Å². The van der Waals surface area contributed by atoms with E-state index in [-0.39, 0.29) is 23.2 Å². The molecule has 0 aliphatic heterocycles. The number of hydrogen-bond donors (Lipinski definition) is 2. The molecule has 1 aromatic rings. The summed E-state index contributed by atoms with van der Waals surface area (Å²) < 4.78 is 1.39. The van der Waals surface area contributed by atoms with Crippen LogP contribution in [0, 0.1) is 12.8 Å². The number of nitrogens with one attached hydrogen (secondary N) is 1. The van der Waals surface area contributed by atoms with Gasteiger partial charge in [0.15, 0.2) is 0 Å². The van der Waals surface area contributed by atoms with Crippen molar-refractivity contribution in [3.63, 3.8) is 0 Å². The van der Waals surface area contributed by atoms with E-state index < -0.39 is 5.97 Å². The van der Waals surface area contributed by atoms with E-state index in [1.807, 2.05) is 0 Å². The summed E-state index contributed by atoms with van der Waals surface area (Å²) >= 11 is 0. The second-order valence-corrected chi connectivity index (χ2v) is 4.00. The molecule has 1 heterocycles. The van der Waals surface area contributed by atoms with E-state index in [1.54, 1.807) is 14.0 Å². The summed E-state index contributed by atoms with van der Waals surface area (Å²) in [6.07, 6.45) is 1.76. The van der Waals surface area contributed by atoms with Crippen molar-refractivity contribution in [1.29, 1.82) is 0 Å². The number of nitrogens with zero attached hydrogens (tertiary/aromatic N) is 2. The Hall–Kier alpha value is -1.85. The number of aromatic carboxylic acids is 1. The van der Waals surface area contributed by atoms with E-state index in [1.165, 1.54) is 4.68 Å². The number of carboxylic acid groups (broad SMARTS) is 1. The molecular formula is C10H13N3O3. The summed E-state index contributed by atoms with van der Waals surface area (Å²) in [5.41, 5.74) is 0.470. The maximum Gasteiger partial charge on any atom is 0.341 e. The third-order valence-corrected chi connectivity index (χ3v) is 2.63. The van der Waals surface area contributed by atoms with Crippen LogP contribution in [0.5, 0.6) is 0 Å². The summed E-state index contributed by atoms with van der Waals surface area (Å²) in [7, 11) is 1.61. The average Bonchev–Trinajstić information content (AvgIpc) is 2.95. The van der Waals surface area contributed by atoms with E-state index in [0.29, 0.717) is 5.69 Å². The fourth-order valence-electron chi connectivity index (χ4n) is 1.62. The van der Waals surface area contributed by atoms with Crippen LogP contribution in [0.2, 0.25) is 0 Å². The first-order valence-electron chi connectivity index (χ1n) is 5.08. The van der Waals surface area contributed by atoms with Crippen LogP contribution in [0.3, 0.4) is 0 Å². The van der Waals surface area contributed by atoms with Crippen molar-refractivity contribution >= 4 is 17.7 Å². The normalized spacial score (nSPS) is 14.9. The van der Waals surface area contributed by atoms with Crippen molar-refractivity contribution in [2.75, 3.05) is 5.32 Å². The molecule has 2 rings (SSSR count). The van der Waals surface area contributed by atoms with E-state index >= 15 is 0 Å². The number of aryl methyl sites for hydroxylation is 2. The number of carbonyl (C=O) groups excluding carboxylic acids is 1. The van der Waals surface area contributed by atoms with Gasteiger partial charge in [-0.25, -0.2) is 4.79 Å². The monoisotopic (exact) mass is 223 g/mol. The van der Waals surface area contributed by atoms with Crippen LogP contribution in [0.4, 0.5) is 5.82 Å². The van der Waals surface area contributed by atoms with Gasteiger partial charge in [-0.3, -0.25) is 9.48 Å². The molecule has 0 unspecified atom stereocenters. The number of anilines is 1. The van der Waals surface area contributed by atoms with Crippen molar-refractivity contribution < 1.29 is 14.7 Å². The van der Waals surface area contributed by atoms with Crippen LogP contribution >= 0.6 is 0 Å². The molecule has 1 fully saturated rings. The lowest BCUT2D eigenvalue weighted by Gasteiger charge is -2.05. The van der Waals surface area contributed by atoms with Crippen molar-refractivity contribution in [2.24, 2.45) is 13.0 Å². The van der Waals surface area contributed by atoms with Crippen molar-refractivity contribution in [3.8, 4) is 0 Å². The highest BCUT2D eigenvalue weighted by atomic mass is 16.4. The highest BCUT2D eigenvalue weighted by molar-refractivity contribution is 6.01. The van der Waals surface area contributed by atoms with Crippen molar-refractivity contribution in [2.45, 2.75) is 19.8 Å². The number of hydrogen-bond acceptors (Lipinski definition) is 3. The molecule has 86 valence electrons. The minimum atomic E-state index is -1.07. The largest absolute Gasteiger partial charge is 0.477 e. The fraction of sp³-hybridized carbons (Fsp3) is 0.500. The minimum absolute atomic E-state index is 0.0388. The molecule has 1 saturated carbocycles. The van der Waals surface area contributed by atoms with E-state index in [0.717, 1.165) is 12.8 Å². The first kappa shape index (κ1) is 10.7.